The maximum Gasteiger partial charge on any atom is 0.269 e. The van der Waals surface area contributed by atoms with E-state index in [1.165, 1.54) is 18.2 Å². The average molecular weight is 226 g/mol. The molecular weight excluding hydrogens is 211 g/mol. The maximum atomic E-state index is 12.7. The maximum absolute atomic E-state index is 12.7. The fraction of sp³-hybridized carbons (Fsp3) is 0.455. The number of aliphatic hydroxyl groups is 1. The van der Waals surface area contributed by atoms with E-state index in [2.05, 4.69) is 10.3 Å². The molecular formula is C11H15FN2O2. The quantitative estimate of drug-likeness (QED) is 0.584. The lowest BCUT2D eigenvalue weighted by Crippen LogP contribution is -2.26. The van der Waals surface area contributed by atoms with E-state index in [-0.39, 0.29) is 11.8 Å². The highest BCUT2D eigenvalue weighted by molar-refractivity contribution is 5.92. The van der Waals surface area contributed by atoms with E-state index in [9.17, 15) is 9.18 Å². The van der Waals surface area contributed by atoms with E-state index in [1.807, 2.05) is 0 Å². The van der Waals surface area contributed by atoms with Crippen molar-refractivity contribution in [1.29, 1.82) is 0 Å². The third kappa shape index (κ3) is 4.35. The number of aromatic nitrogens is 1. The highest BCUT2D eigenvalue weighted by Crippen LogP contribution is 1.98. The summed E-state index contributed by atoms with van der Waals surface area (Å²) in [6.07, 6.45) is 0.930. The summed E-state index contributed by atoms with van der Waals surface area (Å²) in [5.74, 6) is -1.07. The van der Waals surface area contributed by atoms with Crippen molar-refractivity contribution >= 4 is 5.91 Å². The number of hydrogen-bond donors (Lipinski definition) is 2. The Bertz CT molecular complexity index is 356. The third-order valence-corrected chi connectivity index (χ3v) is 2.03. The molecule has 1 atom stereocenters. The van der Waals surface area contributed by atoms with Crippen LogP contribution in [0.4, 0.5) is 4.39 Å². The van der Waals surface area contributed by atoms with Crippen molar-refractivity contribution in [3.05, 3.63) is 29.8 Å². The van der Waals surface area contributed by atoms with Crippen LogP contribution in [0.25, 0.3) is 0 Å². The molecule has 0 saturated heterocycles. The zero-order valence-corrected chi connectivity index (χ0v) is 9.11. The van der Waals surface area contributed by atoms with Crippen molar-refractivity contribution in [2.45, 2.75) is 25.9 Å². The summed E-state index contributed by atoms with van der Waals surface area (Å²) >= 11 is 0. The van der Waals surface area contributed by atoms with Gasteiger partial charge in [0.25, 0.3) is 5.91 Å². The molecule has 1 aromatic heterocycles. The summed E-state index contributed by atoms with van der Waals surface area (Å²) in [5.41, 5.74) is 0.0667. The van der Waals surface area contributed by atoms with Crippen LogP contribution >= 0.6 is 0 Å². The summed E-state index contributed by atoms with van der Waals surface area (Å²) in [6.45, 7) is 2.14. The number of pyridine rings is 1. The Balaban J connectivity index is 2.35. The molecule has 0 bridgehead atoms. The Morgan fingerprint density at radius 1 is 1.62 bits per heavy atom. The number of aliphatic hydroxyl groups excluding tert-OH is 1. The van der Waals surface area contributed by atoms with E-state index in [4.69, 9.17) is 5.11 Å². The third-order valence-electron chi connectivity index (χ3n) is 2.03. The number of carbonyl (C=O) groups excluding carboxylic acids is 1. The minimum Gasteiger partial charge on any atom is -0.393 e. The number of carbonyl (C=O) groups is 1. The molecule has 0 aromatic carbocycles. The molecule has 1 aromatic rings. The van der Waals surface area contributed by atoms with Gasteiger partial charge in [-0.05, 0) is 31.9 Å². The molecule has 0 aliphatic carbocycles. The topological polar surface area (TPSA) is 62.2 Å². The summed E-state index contributed by atoms with van der Waals surface area (Å²) in [7, 11) is 0. The molecule has 1 heterocycles. The van der Waals surface area contributed by atoms with Gasteiger partial charge in [-0.25, -0.2) is 4.98 Å². The van der Waals surface area contributed by atoms with Crippen LogP contribution < -0.4 is 5.32 Å². The molecule has 0 fully saturated rings. The van der Waals surface area contributed by atoms with E-state index in [0.29, 0.717) is 19.4 Å². The van der Waals surface area contributed by atoms with Crippen LogP contribution in [0.1, 0.15) is 30.3 Å². The van der Waals surface area contributed by atoms with Crippen LogP contribution in [-0.4, -0.2) is 28.6 Å². The second kappa shape index (κ2) is 6.17. The van der Waals surface area contributed by atoms with Gasteiger partial charge in [0, 0.05) is 6.54 Å². The minimum atomic E-state index is -0.670. The Labute approximate surface area is 93.5 Å². The van der Waals surface area contributed by atoms with E-state index in [1.54, 1.807) is 6.92 Å². The first-order valence-electron chi connectivity index (χ1n) is 5.18. The van der Waals surface area contributed by atoms with Crippen molar-refractivity contribution < 1.29 is 14.3 Å². The normalized spacial score (nSPS) is 12.2. The molecule has 1 amide bonds. The molecule has 0 aliphatic heterocycles. The molecule has 0 saturated carbocycles. The Kier molecular flexibility index (Phi) is 4.85. The van der Waals surface area contributed by atoms with Crippen molar-refractivity contribution in [2.75, 3.05) is 6.54 Å². The van der Waals surface area contributed by atoms with Gasteiger partial charge < -0.3 is 10.4 Å². The van der Waals surface area contributed by atoms with Gasteiger partial charge in [0.15, 0.2) is 0 Å². The van der Waals surface area contributed by atoms with Crippen LogP contribution in [0, 0.1) is 5.95 Å². The smallest absolute Gasteiger partial charge is 0.269 e. The lowest BCUT2D eigenvalue weighted by atomic mass is 10.2. The predicted molar refractivity (Wildman–Crippen MR) is 57.4 cm³/mol. The van der Waals surface area contributed by atoms with Gasteiger partial charge in [0.1, 0.15) is 5.69 Å². The highest BCUT2D eigenvalue weighted by atomic mass is 19.1. The lowest BCUT2D eigenvalue weighted by Gasteiger charge is -2.05. The highest BCUT2D eigenvalue weighted by Gasteiger charge is 2.07. The van der Waals surface area contributed by atoms with Crippen LogP contribution in [-0.2, 0) is 0 Å². The predicted octanol–water partition coefficient (Wildman–Crippen LogP) is 1.11. The summed E-state index contributed by atoms with van der Waals surface area (Å²) < 4.78 is 12.7. The van der Waals surface area contributed by atoms with Crippen LogP contribution in [0.5, 0.6) is 0 Å². The second-order valence-electron chi connectivity index (χ2n) is 3.59. The van der Waals surface area contributed by atoms with E-state index in [0.717, 1.165) is 0 Å². The van der Waals surface area contributed by atoms with Crippen LogP contribution in [0.15, 0.2) is 18.2 Å². The first-order valence-corrected chi connectivity index (χ1v) is 5.18. The molecule has 0 spiro atoms. The molecule has 2 N–H and O–H groups in total. The first kappa shape index (κ1) is 12.6. The molecule has 1 unspecified atom stereocenters. The van der Waals surface area contributed by atoms with Crippen molar-refractivity contribution in [3.8, 4) is 0 Å². The van der Waals surface area contributed by atoms with Crippen molar-refractivity contribution in [2.24, 2.45) is 0 Å². The van der Waals surface area contributed by atoms with Gasteiger partial charge in [0.05, 0.1) is 6.10 Å². The van der Waals surface area contributed by atoms with E-state index >= 15 is 0 Å². The SMILES string of the molecule is CC(O)CCCNC(=O)c1cccc(F)n1. The fourth-order valence-corrected chi connectivity index (χ4v) is 1.22. The zero-order chi connectivity index (χ0) is 12.0. The number of hydrogen-bond acceptors (Lipinski definition) is 3. The molecule has 1 rings (SSSR count). The van der Waals surface area contributed by atoms with Gasteiger partial charge in [0.2, 0.25) is 5.95 Å². The molecule has 4 nitrogen and oxygen atoms in total. The van der Waals surface area contributed by atoms with Gasteiger partial charge in [-0.1, -0.05) is 6.07 Å². The monoisotopic (exact) mass is 226 g/mol. The Morgan fingerprint density at radius 2 is 2.38 bits per heavy atom. The lowest BCUT2D eigenvalue weighted by molar-refractivity contribution is 0.0943. The van der Waals surface area contributed by atoms with Crippen LogP contribution in [0.2, 0.25) is 0 Å². The largest absolute Gasteiger partial charge is 0.393 e. The zero-order valence-electron chi connectivity index (χ0n) is 9.11. The molecule has 16 heavy (non-hydrogen) atoms. The number of rotatable bonds is 5. The molecule has 88 valence electrons. The fourth-order valence-electron chi connectivity index (χ4n) is 1.22. The molecule has 5 heteroatoms. The molecule has 0 aliphatic rings. The minimum absolute atomic E-state index is 0.0667. The molecule has 0 radical (unpaired) electrons. The number of nitrogens with one attached hydrogen (secondary N) is 1. The Hall–Kier alpha value is -1.49. The van der Waals surface area contributed by atoms with Crippen molar-refractivity contribution in [3.63, 3.8) is 0 Å². The number of amides is 1. The number of halogens is 1. The average Bonchev–Trinajstić information content (AvgIpc) is 2.24. The second-order valence-corrected chi connectivity index (χ2v) is 3.59. The van der Waals surface area contributed by atoms with Gasteiger partial charge in [-0.3, -0.25) is 4.79 Å². The first-order chi connectivity index (χ1) is 7.59. The summed E-state index contributed by atoms with van der Waals surface area (Å²) in [5, 5.41) is 11.6. The van der Waals surface area contributed by atoms with Gasteiger partial charge >= 0.3 is 0 Å². The summed E-state index contributed by atoms with van der Waals surface area (Å²) in [4.78, 5) is 14.9. The van der Waals surface area contributed by atoms with Gasteiger partial charge in [-0.15, -0.1) is 0 Å². The van der Waals surface area contributed by atoms with Crippen LogP contribution in [0.3, 0.4) is 0 Å². The Morgan fingerprint density at radius 3 is 3.00 bits per heavy atom. The standard InChI is InChI=1S/C11H15FN2O2/c1-8(15)4-3-7-13-11(16)9-5-2-6-10(12)14-9/h2,5-6,8,15H,3-4,7H2,1H3,(H,13,16). The number of nitrogens with zero attached hydrogens (tertiary/aromatic N) is 1. The van der Waals surface area contributed by atoms with Gasteiger partial charge in [-0.2, -0.15) is 4.39 Å². The van der Waals surface area contributed by atoms with E-state index < -0.39 is 11.9 Å². The summed E-state index contributed by atoms with van der Waals surface area (Å²) in [6, 6.07) is 4.07. The van der Waals surface area contributed by atoms with Crippen molar-refractivity contribution in [1.82, 2.24) is 10.3 Å².